The third-order valence-electron chi connectivity index (χ3n) is 3.17. The molecule has 0 radical (unpaired) electrons. The summed E-state index contributed by atoms with van der Waals surface area (Å²) >= 11 is 1.04. The highest BCUT2D eigenvalue weighted by Crippen LogP contribution is 2.36. The lowest BCUT2D eigenvalue weighted by molar-refractivity contribution is -0.144. The highest BCUT2D eigenvalue weighted by Gasteiger charge is 2.26. The normalized spacial score (nSPS) is 15.1. The molecular weight excluding hydrogens is 292 g/mol. The molecule has 1 saturated heterocycles. The second-order valence-electron chi connectivity index (χ2n) is 4.64. The Labute approximate surface area is 125 Å². The van der Waals surface area contributed by atoms with Crippen molar-refractivity contribution in [1.82, 2.24) is 10.0 Å². The smallest absolute Gasteiger partial charge is 0.293 e. The molecule has 0 bridgehead atoms. The lowest BCUT2D eigenvalue weighted by Gasteiger charge is -2.25. The van der Waals surface area contributed by atoms with Gasteiger partial charge in [0.05, 0.1) is 12.2 Å². The first-order chi connectivity index (χ1) is 10.2. The van der Waals surface area contributed by atoms with Crippen molar-refractivity contribution < 1.29 is 19.8 Å². The van der Waals surface area contributed by atoms with E-state index in [4.69, 9.17) is 4.84 Å². The molecule has 1 aliphatic rings. The van der Waals surface area contributed by atoms with Crippen molar-refractivity contribution in [3.63, 3.8) is 0 Å². The van der Waals surface area contributed by atoms with E-state index in [2.05, 4.69) is 4.98 Å². The zero-order valence-corrected chi connectivity index (χ0v) is 12.0. The fraction of sp³-hybridized carbons (Fsp3) is 0.286. The standard InChI is InChI=1S/C14H14N2O4S/c17-10-6-2-1-5-9(10)13-15-12(18)11(21-13)14(19)16-7-3-4-8-20-16/h1-2,5-6,17-18H,3-4,7-8H2. The van der Waals surface area contributed by atoms with Crippen molar-refractivity contribution in [2.45, 2.75) is 12.8 Å². The van der Waals surface area contributed by atoms with Gasteiger partial charge in [-0.2, -0.15) is 0 Å². The van der Waals surface area contributed by atoms with Gasteiger partial charge in [0.15, 0.2) is 4.88 Å². The third kappa shape index (κ3) is 2.70. The Bertz CT molecular complexity index is 665. The summed E-state index contributed by atoms with van der Waals surface area (Å²) in [5.74, 6) is -0.678. The summed E-state index contributed by atoms with van der Waals surface area (Å²) in [5.41, 5.74) is 0.483. The van der Waals surface area contributed by atoms with E-state index < -0.39 is 5.91 Å². The van der Waals surface area contributed by atoms with Crippen molar-refractivity contribution in [3.05, 3.63) is 29.1 Å². The van der Waals surface area contributed by atoms with Gasteiger partial charge in [0.1, 0.15) is 10.8 Å². The van der Waals surface area contributed by atoms with Crippen LogP contribution in [0.3, 0.4) is 0 Å². The molecule has 0 spiro atoms. The Hall–Kier alpha value is -2.12. The van der Waals surface area contributed by atoms with Gasteiger partial charge in [0.25, 0.3) is 5.91 Å². The maximum atomic E-state index is 12.3. The fourth-order valence-electron chi connectivity index (χ4n) is 2.09. The van der Waals surface area contributed by atoms with Gasteiger partial charge in [-0.15, -0.1) is 11.3 Å². The Morgan fingerprint density at radius 1 is 1.29 bits per heavy atom. The summed E-state index contributed by atoms with van der Waals surface area (Å²) in [6.45, 7) is 1.000. The predicted octanol–water partition coefficient (Wildman–Crippen LogP) is 2.39. The number of hydroxylamine groups is 2. The van der Waals surface area contributed by atoms with Gasteiger partial charge in [-0.25, -0.2) is 10.0 Å². The Morgan fingerprint density at radius 2 is 2.10 bits per heavy atom. The fourth-order valence-corrected chi connectivity index (χ4v) is 3.03. The largest absolute Gasteiger partial charge is 0.507 e. The van der Waals surface area contributed by atoms with Gasteiger partial charge in [0.2, 0.25) is 5.88 Å². The summed E-state index contributed by atoms with van der Waals surface area (Å²) in [7, 11) is 0. The van der Waals surface area contributed by atoms with Gasteiger partial charge < -0.3 is 10.2 Å². The average Bonchev–Trinajstić information content (AvgIpc) is 2.89. The molecular formula is C14H14N2O4S. The summed E-state index contributed by atoms with van der Waals surface area (Å²) in [6, 6.07) is 6.66. The van der Waals surface area contributed by atoms with Crippen LogP contribution >= 0.6 is 11.3 Å². The van der Waals surface area contributed by atoms with E-state index >= 15 is 0 Å². The Balaban J connectivity index is 1.91. The van der Waals surface area contributed by atoms with Crippen molar-refractivity contribution in [1.29, 1.82) is 0 Å². The maximum Gasteiger partial charge on any atom is 0.293 e. The summed E-state index contributed by atoms with van der Waals surface area (Å²) in [5, 5.41) is 21.4. The molecule has 2 N–H and O–H groups in total. The van der Waals surface area contributed by atoms with Gasteiger partial charge >= 0.3 is 0 Å². The number of aromatic hydroxyl groups is 2. The number of amides is 1. The summed E-state index contributed by atoms with van der Waals surface area (Å²) < 4.78 is 0. The SMILES string of the molecule is O=C(c1sc(-c2ccccc2O)nc1O)N1CCCCO1. The second-order valence-corrected chi connectivity index (χ2v) is 5.64. The summed E-state index contributed by atoms with van der Waals surface area (Å²) in [4.78, 5) is 21.7. The number of hydrogen-bond donors (Lipinski definition) is 2. The highest BCUT2D eigenvalue weighted by molar-refractivity contribution is 7.17. The molecule has 1 aromatic heterocycles. The molecule has 1 aliphatic heterocycles. The number of nitrogens with zero attached hydrogens (tertiary/aromatic N) is 2. The molecule has 110 valence electrons. The molecule has 6 nitrogen and oxygen atoms in total. The summed E-state index contributed by atoms with van der Waals surface area (Å²) in [6.07, 6.45) is 1.79. The van der Waals surface area contributed by atoms with E-state index in [1.54, 1.807) is 18.2 Å². The number of carbonyl (C=O) groups excluding carboxylic acids is 1. The molecule has 1 aromatic carbocycles. The van der Waals surface area contributed by atoms with Gasteiger partial charge in [0, 0.05) is 6.54 Å². The molecule has 1 amide bonds. The van der Waals surface area contributed by atoms with Crippen LogP contribution in [-0.2, 0) is 4.84 Å². The van der Waals surface area contributed by atoms with Crippen LogP contribution in [0.2, 0.25) is 0 Å². The maximum absolute atomic E-state index is 12.3. The number of thiazole rings is 1. The lowest BCUT2D eigenvalue weighted by Crippen LogP contribution is -2.35. The van der Waals surface area contributed by atoms with Crippen LogP contribution in [0, 0.1) is 0 Å². The zero-order chi connectivity index (χ0) is 14.8. The number of hydrogen-bond acceptors (Lipinski definition) is 6. The van der Waals surface area contributed by atoms with Crippen LogP contribution in [-0.4, -0.2) is 39.3 Å². The quantitative estimate of drug-likeness (QED) is 0.890. The first kappa shape index (κ1) is 13.8. The number of rotatable bonds is 2. The van der Waals surface area contributed by atoms with Crippen LogP contribution < -0.4 is 0 Å². The van der Waals surface area contributed by atoms with E-state index in [1.807, 2.05) is 0 Å². The molecule has 2 aromatic rings. The van der Waals surface area contributed by atoms with Crippen molar-refractivity contribution >= 4 is 17.2 Å². The van der Waals surface area contributed by atoms with Crippen molar-refractivity contribution in [3.8, 4) is 22.2 Å². The first-order valence-electron chi connectivity index (χ1n) is 6.60. The van der Waals surface area contributed by atoms with Gasteiger partial charge in [-0.1, -0.05) is 12.1 Å². The van der Waals surface area contributed by atoms with E-state index in [0.717, 1.165) is 24.2 Å². The zero-order valence-electron chi connectivity index (χ0n) is 11.2. The molecule has 0 saturated carbocycles. The number of aromatic nitrogens is 1. The Morgan fingerprint density at radius 3 is 2.81 bits per heavy atom. The minimum absolute atomic E-state index is 0.0551. The predicted molar refractivity (Wildman–Crippen MR) is 77.1 cm³/mol. The van der Waals surface area contributed by atoms with Crippen LogP contribution in [0.15, 0.2) is 24.3 Å². The van der Waals surface area contributed by atoms with E-state index in [0.29, 0.717) is 23.7 Å². The monoisotopic (exact) mass is 306 g/mol. The number of carbonyl (C=O) groups is 1. The van der Waals surface area contributed by atoms with E-state index in [1.165, 1.54) is 11.1 Å². The third-order valence-corrected chi connectivity index (χ3v) is 4.23. The van der Waals surface area contributed by atoms with Gasteiger partial charge in [-0.3, -0.25) is 9.63 Å². The molecule has 0 unspecified atom stereocenters. The highest BCUT2D eigenvalue weighted by atomic mass is 32.1. The number of benzene rings is 1. The second kappa shape index (κ2) is 5.71. The minimum atomic E-state index is -0.397. The van der Waals surface area contributed by atoms with E-state index in [-0.39, 0.29) is 16.5 Å². The molecule has 0 atom stereocenters. The minimum Gasteiger partial charge on any atom is -0.507 e. The van der Waals surface area contributed by atoms with Crippen LogP contribution in [0.25, 0.3) is 10.6 Å². The van der Waals surface area contributed by atoms with Crippen molar-refractivity contribution in [2.24, 2.45) is 0 Å². The average molecular weight is 306 g/mol. The van der Waals surface area contributed by atoms with Crippen LogP contribution in [0.5, 0.6) is 11.6 Å². The molecule has 2 heterocycles. The number of phenolic OH excluding ortho intramolecular Hbond substituents is 1. The first-order valence-corrected chi connectivity index (χ1v) is 7.41. The molecule has 0 aliphatic carbocycles. The topological polar surface area (TPSA) is 82.9 Å². The molecule has 21 heavy (non-hydrogen) atoms. The van der Waals surface area contributed by atoms with E-state index in [9.17, 15) is 15.0 Å². The van der Waals surface area contributed by atoms with Gasteiger partial charge in [-0.05, 0) is 25.0 Å². The van der Waals surface area contributed by atoms with Crippen molar-refractivity contribution in [2.75, 3.05) is 13.2 Å². The van der Waals surface area contributed by atoms with Crippen LogP contribution in [0.4, 0.5) is 0 Å². The molecule has 3 rings (SSSR count). The molecule has 7 heteroatoms. The Kier molecular flexibility index (Phi) is 3.76. The number of para-hydroxylation sites is 1. The number of phenols is 1. The molecule has 1 fully saturated rings. The van der Waals surface area contributed by atoms with Crippen LogP contribution in [0.1, 0.15) is 22.5 Å². The lowest BCUT2D eigenvalue weighted by atomic mass is 10.2.